The predicted octanol–water partition coefficient (Wildman–Crippen LogP) is 3.72. The van der Waals surface area contributed by atoms with Gasteiger partial charge in [0.15, 0.2) is 17.5 Å². The van der Waals surface area contributed by atoms with E-state index in [0.717, 1.165) is 12.5 Å². The number of rotatable bonds is 5. The Balaban J connectivity index is 3.10. The Kier molecular flexibility index (Phi) is 4.75. The molecule has 1 nitrogen and oxygen atoms in total. The van der Waals surface area contributed by atoms with Crippen LogP contribution in [0.5, 0.6) is 0 Å². The molecule has 0 radical (unpaired) electrons. The number of nitrogens with one attached hydrogen (secondary N) is 1. The Morgan fingerprint density at radius 1 is 1.29 bits per heavy atom. The molecule has 0 fully saturated rings. The number of hydrogen-bond acceptors (Lipinski definition) is 1. The van der Waals surface area contributed by atoms with E-state index in [1.165, 1.54) is 6.07 Å². The van der Waals surface area contributed by atoms with Gasteiger partial charge in [-0.1, -0.05) is 25.1 Å². The highest BCUT2D eigenvalue weighted by molar-refractivity contribution is 5.29. The molecule has 1 aromatic rings. The number of halogens is 3. The van der Waals surface area contributed by atoms with Crippen LogP contribution in [0.1, 0.15) is 31.9 Å². The van der Waals surface area contributed by atoms with E-state index in [1.54, 1.807) is 6.92 Å². The molecule has 4 heteroatoms. The van der Waals surface area contributed by atoms with Gasteiger partial charge in [-0.3, -0.25) is 0 Å². The van der Waals surface area contributed by atoms with Gasteiger partial charge < -0.3 is 5.32 Å². The highest BCUT2D eigenvalue weighted by Gasteiger charge is 2.20. The topological polar surface area (TPSA) is 12.0 Å². The van der Waals surface area contributed by atoms with Crippen LogP contribution in [0.15, 0.2) is 24.3 Å². The molecule has 1 unspecified atom stereocenters. The molecule has 1 rings (SSSR count). The Bertz CT molecular complexity index is 415. The molecule has 0 heterocycles. The van der Waals surface area contributed by atoms with Crippen molar-refractivity contribution in [3.63, 3.8) is 0 Å². The van der Waals surface area contributed by atoms with Crippen molar-refractivity contribution < 1.29 is 13.2 Å². The largest absolute Gasteiger partial charge is 0.306 e. The van der Waals surface area contributed by atoms with Gasteiger partial charge in [-0.15, -0.1) is 0 Å². The summed E-state index contributed by atoms with van der Waals surface area (Å²) in [5.74, 6) is -3.77. The quantitative estimate of drug-likeness (QED) is 0.614. The molecule has 1 atom stereocenters. The number of hydrogen-bond donors (Lipinski definition) is 1. The van der Waals surface area contributed by atoms with E-state index >= 15 is 0 Å². The lowest BCUT2D eigenvalue weighted by atomic mass is 10.00. The van der Waals surface area contributed by atoms with Crippen LogP contribution >= 0.6 is 0 Å². The van der Waals surface area contributed by atoms with E-state index in [0.29, 0.717) is 12.1 Å². The van der Waals surface area contributed by atoms with E-state index in [1.807, 2.05) is 6.92 Å². The Morgan fingerprint density at radius 3 is 2.47 bits per heavy atom. The summed E-state index contributed by atoms with van der Waals surface area (Å²) in [5.41, 5.74) is 0.744. The summed E-state index contributed by atoms with van der Waals surface area (Å²) in [5, 5.41) is 3.04. The first kappa shape index (κ1) is 13.8. The zero-order chi connectivity index (χ0) is 13.0. The highest BCUT2D eigenvalue weighted by atomic mass is 19.2. The minimum absolute atomic E-state index is 0.0878. The van der Waals surface area contributed by atoms with Crippen molar-refractivity contribution in [3.8, 4) is 0 Å². The van der Waals surface area contributed by atoms with Crippen molar-refractivity contribution in [1.82, 2.24) is 5.32 Å². The minimum Gasteiger partial charge on any atom is -0.306 e. The van der Waals surface area contributed by atoms with Gasteiger partial charge >= 0.3 is 0 Å². The van der Waals surface area contributed by atoms with Crippen LogP contribution in [-0.4, -0.2) is 6.54 Å². The Hall–Kier alpha value is -1.29. The van der Waals surface area contributed by atoms with Crippen molar-refractivity contribution in [2.24, 2.45) is 0 Å². The van der Waals surface area contributed by atoms with Crippen molar-refractivity contribution in [2.75, 3.05) is 6.54 Å². The third kappa shape index (κ3) is 3.09. The van der Waals surface area contributed by atoms with Gasteiger partial charge in [-0.2, -0.15) is 0 Å². The fourth-order valence-corrected chi connectivity index (χ4v) is 1.60. The monoisotopic (exact) mass is 243 g/mol. The average molecular weight is 243 g/mol. The zero-order valence-corrected chi connectivity index (χ0v) is 9.99. The smallest absolute Gasteiger partial charge is 0.194 e. The van der Waals surface area contributed by atoms with Gasteiger partial charge in [0.1, 0.15) is 0 Å². The maximum Gasteiger partial charge on any atom is 0.194 e. The van der Waals surface area contributed by atoms with E-state index in [4.69, 9.17) is 0 Å². The molecule has 0 aliphatic rings. The third-order valence-electron chi connectivity index (χ3n) is 2.47. The van der Waals surface area contributed by atoms with Crippen molar-refractivity contribution in [2.45, 2.75) is 26.3 Å². The van der Waals surface area contributed by atoms with Gasteiger partial charge in [-0.05, 0) is 26.0 Å². The molecule has 1 N–H and O–H groups in total. The SMILES string of the molecule is C=C(C)C(NCCC)c1ccc(F)c(F)c1F. The summed E-state index contributed by atoms with van der Waals surface area (Å²) < 4.78 is 39.6. The Labute approximate surface area is 99.3 Å². The highest BCUT2D eigenvalue weighted by Crippen LogP contribution is 2.25. The first-order valence-electron chi connectivity index (χ1n) is 5.51. The summed E-state index contributed by atoms with van der Waals surface area (Å²) in [4.78, 5) is 0. The average Bonchev–Trinajstić information content (AvgIpc) is 2.28. The second-order valence-electron chi connectivity index (χ2n) is 4.00. The van der Waals surface area contributed by atoms with E-state index in [-0.39, 0.29) is 5.56 Å². The Morgan fingerprint density at radius 2 is 1.94 bits per heavy atom. The molecule has 0 aromatic heterocycles. The van der Waals surface area contributed by atoms with Crippen LogP contribution in [0, 0.1) is 17.5 Å². The van der Waals surface area contributed by atoms with Crippen LogP contribution in [-0.2, 0) is 0 Å². The first-order chi connectivity index (χ1) is 7.99. The fraction of sp³-hybridized carbons (Fsp3) is 0.385. The molecule has 0 amide bonds. The molecule has 94 valence electrons. The van der Waals surface area contributed by atoms with Crippen molar-refractivity contribution in [3.05, 3.63) is 47.3 Å². The fourth-order valence-electron chi connectivity index (χ4n) is 1.60. The minimum atomic E-state index is -1.44. The molecule has 0 spiro atoms. The molecule has 0 aliphatic heterocycles. The second-order valence-corrected chi connectivity index (χ2v) is 4.00. The molecule has 0 aliphatic carbocycles. The summed E-state index contributed by atoms with van der Waals surface area (Å²) >= 11 is 0. The van der Waals surface area contributed by atoms with Crippen LogP contribution in [0.4, 0.5) is 13.2 Å². The van der Waals surface area contributed by atoms with Crippen LogP contribution in [0.2, 0.25) is 0 Å². The first-order valence-corrected chi connectivity index (χ1v) is 5.51. The number of benzene rings is 1. The molecule has 0 saturated heterocycles. The lowest BCUT2D eigenvalue weighted by Gasteiger charge is -2.20. The molecule has 0 saturated carbocycles. The van der Waals surface area contributed by atoms with Gasteiger partial charge in [0.05, 0.1) is 6.04 Å². The second kappa shape index (κ2) is 5.87. The molecule has 1 aromatic carbocycles. The predicted molar refractivity (Wildman–Crippen MR) is 62.2 cm³/mol. The lowest BCUT2D eigenvalue weighted by molar-refractivity contribution is 0.431. The van der Waals surface area contributed by atoms with Crippen LogP contribution < -0.4 is 5.32 Å². The molecular weight excluding hydrogens is 227 g/mol. The van der Waals surface area contributed by atoms with E-state index in [9.17, 15) is 13.2 Å². The van der Waals surface area contributed by atoms with Crippen LogP contribution in [0.3, 0.4) is 0 Å². The lowest BCUT2D eigenvalue weighted by Crippen LogP contribution is -2.24. The molecule has 0 bridgehead atoms. The normalized spacial score (nSPS) is 12.5. The van der Waals surface area contributed by atoms with Gasteiger partial charge in [0.2, 0.25) is 0 Å². The van der Waals surface area contributed by atoms with E-state index in [2.05, 4.69) is 11.9 Å². The molecule has 17 heavy (non-hydrogen) atoms. The van der Waals surface area contributed by atoms with Crippen molar-refractivity contribution in [1.29, 1.82) is 0 Å². The zero-order valence-electron chi connectivity index (χ0n) is 9.99. The van der Waals surface area contributed by atoms with Gasteiger partial charge in [-0.25, -0.2) is 13.2 Å². The third-order valence-corrected chi connectivity index (χ3v) is 2.47. The van der Waals surface area contributed by atoms with Gasteiger partial charge in [0.25, 0.3) is 0 Å². The van der Waals surface area contributed by atoms with E-state index < -0.39 is 23.5 Å². The van der Waals surface area contributed by atoms with Crippen LogP contribution in [0.25, 0.3) is 0 Å². The summed E-state index contributed by atoms with van der Waals surface area (Å²) in [7, 11) is 0. The van der Waals surface area contributed by atoms with Crippen molar-refractivity contribution >= 4 is 0 Å². The standard InChI is InChI=1S/C13H16F3N/c1-4-7-17-13(8(2)3)9-5-6-10(14)12(16)11(9)15/h5-6,13,17H,2,4,7H2,1,3H3. The summed E-state index contributed by atoms with van der Waals surface area (Å²) in [6.07, 6.45) is 0.856. The summed E-state index contributed by atoms with van der Waals surface area (Å²) in [6, 6.07) is 1.68. The maximum atomic E-state index is 13.6. The summed E-state index contributed by atoms with van der Waals surface area (Å²) in [6.45, 7) is 8.06. The van der Waals surface area contributed by atoms with Gasteiger partial charge in [0, 0.05) is 5.56 Å². The molecular formula is C13H16F3N. The maximum absolute atomic E-state index is 13.6.